The maximum atomic E-state index is 12.2. The van der Waals surface area contributed by atoms with Gasteiger partial charge in [0.2, 0.25) is 11.8 Å². The molecule has 0 spiro atoms. The monoisotopic (exact) mass is 377 g/mol. The van der Waals surface area contributed by atoms with Crippen molar-refractivity contribution in [3.05, 3.63) is 35.9 Å². The van der Waals surface area contributed by atoms with Crippen LogP contribution in [-0.4, -0.2) is 53.5 Å². The Kier molecular flexibility index (Phi) is 7.53. The van der Waals surface area contributed by atoms with Gasteiger partial charge in [-0.3, -0.25) is 14.4 Å². The van der Waals surface area contributed by atoms with E-state index in [1.165, 1.54) is 0 Å². The predicted molar refractivity (Wildman–Crippen MR) is 100 cm³/mol. The molecule has 7 nitrogen and oxygen atoms in total. The summed E-state index contributed by atoms with van der Waals surface area (Å²) in [4.78, 5) is 37.8. The quantitative estimate of drug-likeness (QED) is 0.563. The highest BCUT2D eigenvalue weighted by Crippen LogP contribution is 2.11. The van der Waals surface area contributed by atoms with E-state index in [1.54, 1.807) is 4.90 Å². The van der Waals surface area contributed by atoms with E-state index < -0.39 is 12.0 Å². The van der Waals surface area contributed by atoms with Gasteiger partial charge in [0.15, 0.2) is 5.11 Å². The molecule has 1 aliphatic rings. The molecule has 8 heteroatoms. The van der Waals surface area contributed by atoms with Crippen LogP contribution in [-0.2, 0) is 25.5 Å². The summed E-state index contributed by atoms with van der Waals surface area (Å²) < 4.78 is 5.05. The lowest BCUT2D eigenvalue weighted by Gasteiger charge is -2.36. The Morgan fingerprint density at radius 2 is 2.08 bits per heavy atom. The standard InChI is InChI=1S/C18H23N3O4S/c1-2-10-25-16(23)12-14-17(24)19-8-9-21(14)18(26)20-15(22)11-13-6-4-3-5-7-13/h3-7,14H,2,8-12H2,1H3,(H,19,24)(H,20,22,26)/t14-/m1/s1. The third-order valence-corrected chi connectivity index (χ3v) is 4.21. The first kappa shape index (κ1) is 19.8. The minimum Gasteiger partial charge on any atom is -0.466 e. The minimum atomic E-state index is -0.780. The maximum Gasteiger partial charge on any atom is 0.308 e. The van der Waals surface area contributed by atoms with E-state index in [0.29, 0.717) is 26.1 Å². The van der Waals surface area contributed by atoms with Crippen LogP contribution in [0.25, 0.3) is 0 Å². The number of amides is 2. The summed E-state index contributed by atoms with van der Waals surface area (Å²) in [5.74, 6) is -1.03. The van der Waals surface area contributed by atoms with Gasteiger partial charge >= 0.3 is 5.97 Å². The fourth-order valence-electron chi connectivity index (χ4n) is 2.61. The number of esters is 1. The molecule has 1 heterocycles. The van der Waals surface area contributed by atoms with E-state index in [9.17, 15) is 14.4 Å². The van der Waals surface area contributed by atoms with Gasteiger partial charge in [-0.2, -0.15) is 0 Å². The lowest BCUT2D eigenvalue weighted by atomic mass is 10.1. The smallest absolute Gasteiger partial charge is 0.308 e. The average molecular weight is 377 g/mol. The van der Waals surface area contributed by atoms with Gasteiger partial charge in [-0.05, 0) is 24.2 Å². The number of nitrogens with zero attached hydrogens (tertiary/aromatic N) is 1. The van der Waals surface area contributed by atoms with Gasteiger partial charge in [0.05, 0.1) is 19.4 Å². The second kappa shape index (κ2) is 9.86. The number of benzene rings is 1. The van der Waals surface area contributed by atoms with Crippen molar-refractivity contribution in [3.63, 3.8) is 0 Å². The van der Waals surface area contributed by atoms with Gasteiger partial charge in [-0.15, -0.1) is 0 Å². The van der Waals surface area contributed by atoms with E-state index in [0.717, 1.165) is 5.56 Å². The summed E-state index contributed by atoms with van der Waals surface area (Å²) >= 11 is 5.30. The molecule has 0 radical (unpaired) electrons. The first-order valence-electron chi connectivity index (χ1n) is 8.59. The van der Waals surface area contributed by atoms with Gasteiger partial charge in [-0.1, -0.05) is 37.3 Å². The SMILES string of the molecule is CCCOC(=O)C[C@@H]1C(=O)NCCN1C(=S)NC(=O)Cc1ccccc1. The van der Waals surface area contributed by atoms with Crippen LogP contribution in [0.15, 0.2) is 30.3 Å². The Morgan fingerprint density at radius 3 is 2.77 bits per heavy atom. The molecule has 2 amide bonds. The molecule has 2 N–H and O–H groups in total. The molecule has 26 heavy (non-hydrogen) atoms. The molecule has 1 aromatic rings. The minimum absolute atomic E-state index is 0.111. The summed E-state index contributed by atoms with van der Waals surface area (Å²) in [6, 6.07) is 8.51. The first-order chi connectivity index (χ1) is 12.5. The van der Waals surface area contributed by atoms with Crippen molar-refractivity contribution in [1.29, 1.82) is 0 Å². The van der Waals surface area contributed by atoms with Crippen molar-refractivity contribution in [1.82, 2.24) is 15.5 Å². The molecule has 0 aliphatic carbocycles. The highest BCUT2D eigenvalue weighted by molar-refractivity contribution is 7.80. The van der Waals surface area contributed by atoms with Crippen molar-refractivity contribution in [2.24, 2.45) is 0 Å². The van der Waals surface area contributed by atoms with Crippen molar-refractivity contribution in [2.45, 2.75) is 32.2 Å². The number of carbonyl (C=O) groups excluding carboxylic acids is 3. The van der Waals surface area contributed by atoms with Gasteiger partial charge in [0.25, 0.3) is 0 Å². The van der Waals surface area contributed by atoms with E-state index in [4.69, 9.17) is 17.0 Å². The number of hydrogen-bond donors (Lipinski definition) is 2. The number of carbonyl (C=O) groups is 3. The van der Waals surface area contributed by atoms with Crippen molar-refractivity contribution in [2.75, 3.05) is 19.7 Å². The summed E-state index contributed by atoms with van der Waals surface area (Å²) in [7, 11) is 0. The van der Waals surface area contributed by atoms with Crippen molar-refractivity contribution >= 4 is 35.1 Å². The third-order valence-electron chi connectivity index (χ3n) is 3.87. The Balaban J connectivity index is 1.96. The summed E-state index contributed by atoms with van der Waals surface area (Å²) in [5.41, 5.74) is 0.865. The number of hydrogen-bond acceptors (Lipinski definition) is 5. The summed E-state index contributed by atoms with van der Waals surface area (Å²) in [6.07, 6.45) is 0.783. The van der Waals surface area contributed by atoms with Crippen LogP contribution < -0.4 is 10.6 Å². The van der Waals surface area contributed by atoms with E-state index in [-0.39, 0.29) is 29.8 Å². The lowest BCUT2D eigenvalue weighted by molar-refractivity contribution is -0.147. The molecule has 140 valence electrons. The second-order valence-corrected chi connectivity index (χ2v) is 6.33. The number of ether oxygens (including phenoxy) is 1. The Labute approximate surface area is 158 Å². The topological polar surface area (TPSA) is 87.7 Å². The van der Waals surface area contributed by atoms with Crippen LogP contribution in [0, 0.1) is 0 Å². The number of thiocarbonyl (C=S) groups is 1. The van der Waals surface area contributed by atoms with Crippen LogP contribution >= 0.6 is 12.2 Å². The number of rotatable bonds is 6. The van der Waals surface area contributed by atoms with Gasteiger partial charge in [0.1, 0.15) is 6.04 Å². The fraction of sp³-hybridized carbons (Fsp3) is 0.444. The molecule has 1 atom stereocenters. The van der Waals surface area contributed by atoms with Crippen molar-refractivity contribution < 1.29 is 19.1 Å². The third kappa shape index (κ3) is 5.80. The molecule has 1 aromatic carbocycles. The molecule has 0 bridgehead atoms. The van der Waals surface area contributed by atoms with Crippen LogP contribution in [0.5, 0.6) is 0 Å². The molecule has 1 fully saturated rings. The molecule has 1 saturated heterocycles. The van der Waals surface area contributed by atoms with Crippen LogP contribution in [0.4, 0.5) is 0 Å². The average Bonchev–Trinajstić information content (AvgIpc) is 2.62. The first-order valence-corrected chi connectivity index (χ1v) is 8.99. The number of piperazine rings is 1. The van der Waals surface area contributed by atoms with Gasteiger partial charge in [-0.25, -0.2) is 0 Å². The van der Waals surface area contributed by atoms with Gasteiger partial charge < -0.3 is 20.3 Å². The Morgan fingerprint density at radius 1 is 1.35 bits per heavy atom. The van der Waals surface area contributed by atoms with Gasteiger partial charge in [0, 0.05) is 13.1 Å². The van der Waals surface area contributed by atoms with Crippen LogP contribution in [0.1, 0.15) is 25.3 Å². The zero-order valence-electron chi connectivity index (χ0n) is 14.7. The molecule has 0 aromatic heterocycles. The Hall–Kier alpha value is -2.48. The lowest BCUT2D eigenvalue weighted by Crippen LogP contribution is -2.60. The molecule has 1 aliphatic heterocycles. The zero-order valence-corrected chi connectivity index (χ0v) is 15.5. The normalized spacial score (nSPS) is 16.6. The van der Waals surface area contributed by atoms with Crippen LogP contribution in [0.2, 0.25) is 0 Å². The largest absolute Gasteiger partial charge is 0.466 e. The zero-order chi connectivity index (χ0) is 18.9. The Bertz CT molecular complexity index is 666. The fourth-order valence-corrected chi connectivity index (χ4v) is 2.94. The molecule has 2 rings (SSSR count). The van der Waals surface area contributed by atoms with E-state index in [2.05, 4.69) is 10.6 Å². The van der Waals surface area contributed by atoms with Crippen LogP contribution in [0.3, 0.4) is 0 Å². The number of nitrogens with one attached hydrogen (secondary N) is 2. The van der Waals surface area contributed by atoms with Crippen molar-refractivity contribution in [3.8, 4) is 0 Å². The molecular weight excluding hydrogens is 354 g/mol. The second-order valence-electron chi connectivity index (χ2n) is 5.94. The molecular formula is C18H23N3O4S. The highest BCUT2D eigenvalue weighted by atomic mass is 32.1. The van der Waals surface area contributed by atoms with E-state index >= 15 is 0 Å². The molecule has 0 saturated carbocycles. The summed E-state index contributed by atoms with van der Waals surface area (Å²) in [5, 5.41) is 5.51. The maximum absolute atomic E-state index is 12.2. The highest BCUT2D eigenvalue weighted by Gasteiger charge is 2.34. The van der Waals surface area contributed by atoms with E-state index in [1.807, 2.05) is 37.3 Å². The predicted octanol–water partition coefficient (Wildman–Crippen LogP) is 0.774. The summed E-state index contributed by atoms with van der Waals surface area (Å²) in [6.45, 7) is 3.02. The molecule has 0 unspecified atom stereocenters.